The van der Waals surface area contributed by atoms with Crippen molar-refractivity contribution in [2.75, 3.05) is 13.1 Å². The lowest BCUT2D eigenvalue weighted by Crippen LogP contribution is -2.43. The van der Waals surface area contributed by atoms with Crippen LogP contribution in [0.5, 0.6) is 0 Å². The molecular formula is C15H22F3N3OS. The lowest BCUT2D eigenvalue weighted by molar-refractivity contribution is -0.154. The zero-order chi connectivity index (χ0) is 17.2. The van der Waals surface area contributed by atoms with Crippen molar-refractivity contribution in [2.45, 2.75) is 46.0 Å². The first kappa shape index (κ1) is 18.2. The van der Waals surface area contributed by atoms with E-state index in [1.807, 2.05) is 20.8 Å². The van der Waals surface area contributed by atoms with Crippen LogP contribution in [-0.2, 0) is 11.3 Å². The molecule has 8 heteroatoms. The van der Waals surface area contributed by atoms with Crippen molar-refractivity contribution >= 4 is 17.2 Å². The second-order valence-corrected chi connectivity index (χ2v) is 7.37. The van der Waals surface area contributed by atoms with Gasteiger partial charge >= 0.3 is 6.18 Å². The number of aromatic nitrogens is 1. The van der Waals surface area contributed by atoms with E-state index in [-0.39, 0.29) is 12.0 Å². The molecule has 2 unspecified atom stereocenters. The van der Waals surface area contributed by atoms with Crippen molar-refractivity contribution in [3.05, 3.63) is 16.1 Å². The zero-order valence-corrected chi connectivity index (χ0v) is 14.3. The molecule has 0 radical (unpaired) electrons. The number of carbonyl (C=O) groups excluding carboxylic acids is 1. The van der Waals surface area contributed by atoms with Gasteiger partial charge in [-0.15, -0.1) is 11.3 Å². The molecule has 130 valence electrons. The molecule has 1 aromatic rings. The molecule has 2 heterocycles. The van der Waals surface area contributed by atoms with Gasteiger partial charge in [0, 0.05) is 30.6 Å². The largest absolute Gasteiger partial charge is 0.397 e. The minimum absolute atomic E-state index is 0.153. The van der Waals surface area contributed by atoms with Gasteiger partial charge < -0.3 is 5.32 Å². The Bertz CT molecular complexity index is 544. The van der Waals surface area contributed by atoms with E-state index >= 15 is 0 Å². The number of aryl methyl sites for hydroxylation is 1. The molecule has 0 saturated carbocycles. The van der Waals surface area contributed by atoms with Gasteiger partial charge in [0.1, 0.15) is 6.42 Å². The zero-order valence-electron chi connectivity index (χ0n) is 13.5. The van der Waals surface area contributed by atoms with Crippen LogP contribution in [0.15, 0.2) is 5.51 Å². The van der Waals surface area contributed by atoms with E-state index in [1.54, 1.807) is 16.8 Å². The molecule has 4 nitrogen and oxygen atoms in total. The van der Waals surface area contributed by atoms with Crippen molar-refractivity contribution in [2.24, 2.45) is 11.8 Å². The van der Waals surface area contributed by atoms with E-state index in [9.17, 15) is 18.0 Å². The molecule has 1 saturated heterocycles. The number of nitrogens with one attached hydrogen (secondary N) is 1. The van der Waals surface area contributed by atoms with Crippen molar-refractivity contribution < 1.29 is 18.0 Å². The number of nitrogens with zero attached hydrogens (tertiary/aromatic N) is 2. The number of alkyl halides is 3. The minimum atomic E-state index is -4.46. The van der Waals surface area contributed by atoms with Crippen molar-refractivity contribution in [1.82, 2.24) is 15.2 Å². The number of hydrogen-bond donors (Lipinski definition) is 1. The van der Waals surface area contributed by atoms with Crippen LogP contribution in [0.1, 0.15) is 30.8 Å². The third-order valence-electron chi connectivity index (χ3n) is 4.22. The van der Waals surface area contributed by atoms with Crippen LogP contribution in [-0.4, -0.2) is 41.1 Å². The van der Waals surface area contributed by atoms with Gasteiger partial charge in [0.25, 0.3) is 0 Å². The van der Waals surface area contributed by atoms with E-state index in [2.05, 4.69) is 15.2 Å². The van der Waals surface area contributed by atoms with Crippen LogP contribution in [0, 0.1) is 18.8 Å². The van der Waals surface area contributed by atoms with Crippen molar-refractivity contribution in [3.63, 3.8) is 0 Å². The Morgan fingerprint density at radius 1 is 1.48 bits per heavy atom. The fourth-order valence-corrected chi connectivity index (χ4v) is 3.81. The maximum Gasteiger partial charge on any atom is 0.397 e. The molecule has 1 N–H and O–H groups in total. The highest BCUT2D eigenvalue weighted by atomic mass is 32.1. The molecule has 23 heavy (non-hydrogen) atoms. The lowest BCUT2D eigenvalue weighted by Gasteiger charge is -2.23. The van der Waals surface area contributed by atoms with Gasteiger partial charge in [0.15, 0.2) is 0 Å². The average molecular weight is 349 g/mol. The molecule has 1 fully saturated rings. The first-order chi connectivity index (χ1) is 10.7. The minimum Gasteiger partial charge on any atom is -0.351 e. The molecule has 1 amide bonds. The summed E-state index contributed by atoms with van der Waals surface area (Å²) in [5.41, 5.74) is 2.78. The van der Waals surface area contributed by atoms with Gasteiger partial charge in [-0.2, -0.15) is 13.2 Å². The number of hydrogen-bond acceptors (Lipinski definition) is 4. The second-order valence-electron chi connectivity index (χ2n) is 6.43. The summed E-state index contributed by atoms with van der Waals surface area (Å²) in [6, 6.07) is -0.238. The highest BCUT2D eigenvalue weighted by Crippen LogP contribution is 2.28. The Morgan fingerprint density at radius 3 is 2.70 bits per heavy atom. The maximum atomic E-state index is 12.3. The Balaban J connectivity index is 1.98. The third kappa shape index (κ3) is 5.17. The molecule has 0 aliphatic carbocycles. The summed E-state index contributed by atoms with van der Waals surface area (Å²) < 4.78 is 37.0. The van der Waals surface area contributed by atoms with Gasteiger partial charge in [-0.1, -0.05) is 13.8 Å². The summed E-state index contributed by atoms with van der Waals surface area (Å²) in [6.07, 6.45) is -5.88. The number of carbonyl (C=O) groups is 1. The van der Waals surface area contributed by atoms with Crippen LogP contribution in [0.2, 0.25) is 0 Å². The van der Waals surface area contributed by atoms with E-state index in [4.69, 9.17) is 0 Å². The lowest BCUT2D eigenvalue weighted by atomic mass is 9.91. The van der Waals surface area contributed by atoms with Gasteiger partial charge in [-0.25, -0.2) is 4.98 Å². The Kier molecular flexibility index (Phi) is 5.67. The van der Waals surface area contributed by atoms with Crippen molar-refractivity contribution in [3.8, 4) is 0 Å². The van der Waals surface area contributed by atoms with Crippen LogP contribution in [0.4, 0.5) is 13.2 Å². The molecule has 1 aliphatic heterocycles. The SMILES string of the molecule is Cc1ncsc1CN1CC(NC(=O)CC(F)(F)F)C(C(C)C)C1. The summed E-state index contributed by atoms with van der Waals surface area (Å²) in [5, 5.41) is 2.58. The highest BCUT2D eigenvalue weighted by molar-refractivity contribution is 7.09. The van der Waals surface area contributed by atoms with Gasteiger partial charge in [0.05, 0.1) is 11.2 Å². The van der Waals surface area contributed by atoms with Gasteiger partial charge in [-0.05, 0) is 18.8 Å². The molecule has 0 spiro atoms. The topological polar surface area (TPSA) is 45.2 Å². The summed E-state index contributed by atoms with van der Waals surface area (Å²) in [7, 11) is 0. The number of rotatable bonds is 5. The fraction of sp³-hybridized carbons (Fsp3) is 0.733. The number of thiazole rings is 1. The molecular weight excluding hydrogens is 327 g/mol. The first-order valence-corrected chi connectivity index (χ1v) is 8.51. The Hall–Kier alpha value is -1.15. The second kappa shape index (κ2) is 7.17. The summed E-state index contributed by atoms with van der Waals surface area (Å²) in [6.45, 7) is 8.09. The molecule has 0 bridgehead atoms. The average Bonchev–Trinajstić information content (AvgIpc) is 2.95. The first-order valence-electron chi connectivity index (χ1n) is 7.63. The monoisotopic (exact) mass is 349 g/mol. The van der Waals surface area contributed by atoms with Crippen LogP contribution in [0.25, 0.3) is 0 Å². The molecule has 0 aromatic carbocycles. The quantitative estimate of drug-likeness (QED) is 0.889. The van der Waals surface area contributed by atoms with Gasteiger partial charge in [0.2, 0.25) is 5.91 Å². The normalized spacial score (nSPS) is 22.7. The van der Waals surface area contributed by atoms with Gasteiger partial charge in [-0.3, -0.25) is 9.69 Å². The van der Waals surface area contributed by atoms with E-state index in [0.29, 0.717) is 12.5 Å². The fourth-order valence-electron chi connectivity index (χ4n) is 2.99. The van der Waals surface area contributed by atoms with Crippen LogP contribution < -0.4 is 5.32 Å². The molecule has 2 atom stereocenters. The number of likely N-dealkylation sites (tertiary alicyclic amines) is 1. The van der Waals surface area contributed by atoms with E-state index in [0.717, 1.165) is 23.7 Å². The van der Waals surface area contributed by atoms with Crippen LogP contribution >= 0.6 is 11.3 Å². The third-order valence-corrected chi connectivity index (χ3v) is 5.14. The maximum absolute atomic E-state index is 12.3. The predicted octanol–water partition coefficient (Wildman–Crippen LogP) is 2.98. The summed E-state index contributed by atoms with van der Waals surface area (Å²) in [4.78, 5) is 19.2. The summed E-state index contributed by atoms with van der Waals surface area (Å²) >= 11 is 1.58. The van der Waals surface area contributed by atoms with Crippen molar-refractivity contribution in [1.29, 1.82) is 0 Å². The smallest absolute Gasteiger partial charge is 0.351 e. The Morgan fingerprint density at radius 2 is 2.17 bits per heavy atom. The number of halogens is 3. The molecule has 2 rings (SSSR count). The Labute approximate surface area is 138 Å². The molecule has 1 aromatic heterocycles. The van der Waals surface area contributed by atoms with E-state index in [1.165, 1.54) is 0 Å². The molecule has 1 aliphatic rings. The number of amides is 1. The van der Waals surface area contributed by atoms with E-state index < -0.39 is 18.5 Å². The summed E-state index contributed by atoms with van der Waals surface area (Å²) in [5.74, 6) is -0.497. The van der Waals surface area contributed by atoms with Crippen LogP contribution in [0.3, 0.4) is 0 Å². The predicted molar refractivity (Wildman–Crippen MR) is 83.1 cm³/mol. The highest BCUT2D eigenvalue weighted by Gasteiger charge is 2.38. The standard InChI is InChI=1S/C15H22F3N3OS/c1-9(2)11-5-21(7-13-10(3)19-8-23-13)6-12(11)20-14(22)4-15(16,17)18/h8-9,11-12H,4-7H2,1-3H3,(H,20,22).